The minimum atomic E-state index is 0.892. The Balaban J connectivity index is 1.19. The zero-order valence-corrected chi connectivity index (χ0v) is 31.3. The Bertz CT molecular complexity index is 2570. The van der Waals surface area contributed by atoms with Crippen molar-refractivity contribution in [2.75, 3.05) is 0 Å². The summed E-state index contributed by atoms with van der Waals surface area (Å²) in [4.78, 5) is 30.1. The topological polar surface area (TPSA) is 87.2 Å². The van der Waals surface area contributed by atoms with Crippen LogP contribution < -0.4 is 0 Å². The van der Waals surface area contributed by atoms with E-state index in [0.717, 1.165) is 114 Å². The third-order valence-electron chi connectivity index (χ3n) is 11.0. The van der Waals surface area contributed by atoms with E-state index in [2.05, 4.69) is 71.5 Å². The molecule has 0 amide bonds. The van der Waals surface area contributed by atoms with E-state index in [9.17, 15) is 0 Å². The maximum atomic E-state index is 5.42. The summed E-state index contributed by atoms with van der Waals surface area (Å²) >= 11 is 0. The number of fused-ring (bicyclic) bond motifs is 12. The number of hydrogen-bond acceptors (Lipinski definition) is 6. The molecule has 8 nitrogen and oxygen atoms in total. The van der Waals surface area contributed by atoms with Crippen LogP contribution >= 0.6 is 0 Å². The SMILES string of the molecule is CCCCCCCn1c(-c2ccc(-c3nc4c5cccnc5c5ncccc5c4n3CCCCCCC)cc2)nc2c3cccnc3c3ncccc3c21. The zero-order valence-electron chi connectivity index (χ0n) is 31.3. The molecule has 270 valence electrons. The number of unbranched alkanes of at least 4 members (excludes halogenated alkanes) is 8. The maximum Gasteiger partial charge on any atom is 0.141 e. The predicted octanol–water partition coefficient (Wildman–Crippen LogP) is 11.9. The number of rotatable bonds is 14. The van der Waals surface area contributed by atoms with Gasteiger partial charge in [0, 0.05) is 70.5 Å². The molecule has 0 saturated carbocycles. The minimum absolute atomic E-state index is 0.892. The van der Waals surface area contributed by atoms with Crippen molar-refractivity contribution >= 4 is 65.7 Å². The number of nitrogens with zero attached hydrogens (tertiary/aromatic N) is 8. The fourth-order valence-corrected chi connectivity index (χ4v) is 8.36. The summed E-state index contributed by atoms with van der Waals surface area (Å²) in [6.07, 6.45) is 19.5. The van der Waals surface area contributed by atoms with Gasteiger partial charge in [-0.25, -0.2) is 9.97 Å². The van der Waals surface area contributed by atoms with Crippen LogP contribution in [0, 0.1) is 0 Å². The average Bonchev–Trinajstić information content (AvgIpc) is 3.81. The fraction of sp³-hybridized carbons (Fsp3) is 0.304. The monoisotopic (exact) mass is 710 g/mol. The largest absolute Gasteiger partial charge is 0.323 e. The molecule has 0 radical (unpaired) electrons. The number of pyridine rings is 4. The lowest BCUT2D eigenvalue weighted by molar-refractivity contribution is 0.578. The van der Waals surface area contributed by atoms with Crippen molar-refractivity contribution in [2.45, 2.75) is 91.1 Å². The Hall–Kier alpha value is -5.76. The second-order valence-corrected chi connectivity index (χ2v) is 14.6. The molecule has 0 bridgehead atoms. The highest BCUT2D eigenvalue weighted by molar-refractivity contribution is 6.22. The summed E-state index contributed by atoms with van der Waals surface area (Å²) < 4.78 is 4.88. The van der Waals surface area contributed by atoms with Gasteiger partial charge in [-0.1, -0.05) is 89.5 Å². The molecule has 0 aliphatic heterocycles. The van der Waals surface area contributed by atoms with Crippen LogP contribution in [0.25, 0.3) is 88.5 Å². The molecule has 6 heterocycles. The van der Waals surface area contributed by atoms with E-state index >= 15 is 0 Å². The van der Waals surface area contributed by atoms with Gasteiger partial charge in [0.2, 0.25) is 0 Å². The second kappa shape index (κ2) is 14.9. The third kappa shape index (κ3) is 5.94. The Morgan fingerprint density at radius 3 is 1.13 bits per heavy atom. The lowest BCUT2D eigenvalue weighted by Crippen LogP contribution is -2.03. The molecule has 0 atom stereocenters. The van der Waals surface area contributed by atoms with Crippen molar-refractivity contribution < 1.29 is 0 Å². The first kappa shape index (κ1) is 34.0. The smallest absolute Gasteiger partial charge is 0.141 e. The highest BCUT2D eigenvalue weighted by Gasteiger charge is 2.22. The van der Waals surface area contributed by atoms with Gasteiger partial charge in [-0.05, 0) is 61.4 Å². The molecule has 0 aliphatic carbocycles. The maximum absolute atomic E-state index is 5.42. The van der Waals surface area contributed by atoms with Gasteiger partial charge < -0.3 is 9.13 Å². The number of imidazole rings is 2. The first-order valence-electron chi connectivity index (χ1n) is 19.9. The Morgan fingerprint density at radius 1 is 0.389 bits per heavy atom. The summed E-state index contributed by atoms with van der Waals surface area (Å²) in [5.41, 5.74) is 10.1. The number of hydrogen-bond donors (Lipinski definition) is 0. The van der Waals surface area contributed by atoms with Crippen molar-refractivity contribution in [1.29, 1.82) is 0 Å². The normalized spacial score (nSPS) is 12.0. The summed E-state index contributed by atoms with van der Waals surface area (Å²) in [7, 11) is 0. The molecule has 3 aromatic carbocycles. The van der Waals surface area contributed by atoms with E-state index in [1.807, 2.05) is 49.1 Å². The van der Waals surface area contributed by atoms with Gasteiger partial charge in [-0.15, -0.1) is 0 Å². The van der Waals surface area contributed by atoms with Crippen molar-refractivity contribution in [3.63, 3.8) is 0 Å². The molecular weight excluding hydrogens is 665 g/mol. The average molecular weight is 711 g/mol. The van der Waals surface area contributed by atoms with Gasteiger partial charge >= 0.3 is 0 Å². The minimum Gasteiger partial charge on any atom is -0.323 e. The van der Waals surface area contributed by atoms with Crippen molar-refractivity contribution in [3.05, 3.63) is 97.6 Å². The van der Waals surface area contributed by atoms with E-state index in [4.69, 9.17) is 29.9 Å². The first-order chi connectivity index (χ1) is 26.8. The van der Waals surface area contributed by atoms with E-state index in [1.165, 1.54) is 51.4 Å². The van der Waals surface area contributed by atoms with Crippen LogP contribution in [-0.2, 0) is 13.1 Å². The quantitative estimate of drug-likeness (QED) is 0.0824. The Kier molecular flexibility index (Phi) is 9.41. The van der Waals surface area contributed by atoms with Gasteiger partial charge in [-0.3, -0.25) is 19.9 Å². The summed E-state index contributed by atoms with van der Waals surface area (Å²) in [5, 5.41) is 4.27. The molecule has 9 aromatic rings. The summed E-state index contributed by atoms with van der Waals surface area (Å²) in [6, 6.07) is 25.6. The zero-order chi connectivity index (χ0) is 36.4. The summed E-state index contributed by atoms with van der Waals surface area (Å²) in [5.74, 6) is 1.96. The lowest BCUT2D eigenvalue weighted by Gasteiger charge is -2.13. The van der Waals surface area contributed by atoms with Crippen molar-refractivity contribution in [2.24, 2.45) is 0 Å². The highest BCUT2D eigenvalue weighted by atomic mass is 15.1. The lowest BCUT2D eigenvalue weighted by atomic mass is 10.1. The molecule has 0 fully saturated rings. The van der Waals surface area contributed by atoms with Crippen LogP contribution in [-0.4, -0.2) is 39.0 Å². The Morgan fingerprint density at radius 2 is 0.741 bits per heavy atom. The van der Waals surface area contributed by atoms with Gasteiger partial charge in [-0.2, -0.15) is 0 Å². The van der Waals surface area contributed by atoms with Gasteiger partial charge in [0.05, 0.1) is 44.1 Å². The molecule has 0 N–H and O–H groups in total. The molecule has 0 saturated heterocycles. The van der Waals surface area contributed by atoms with Crippen LogP contribution in [0.4, 0.5) is 0 Å². The molecular formula is C46H46N8. The van der Waals surface area contributed by atoms with Crippen LogP contribution in [0.15, 0.2) is 97.6 Å². The molecule has 8 heteroatoms. The van der Waals surface area contributed by atoms with Crippen LogP contribution in [0.2, 0.25) is 0 Å². The molecule has 0 unspecified atom stereocenters. The number of aromatic nitrogens is 8. The molecule has 54 heavy (non-hydrogen) atoms. The Labute approximate surface area is 315 Å². The molecule has 0 spiro atoms. The van der Waals surface area contributed by atoms with Gasteiger partial charge in [0.1, 0.15) is 11.6 Å². The fourth-order valence-electron chi connectivity index (χ4n) is 8.36. The van der Waals surface area contributed by atoms with E-state index < -0.39 is 0 Å². The summed E-state index contributed by atoms with van der Waals surface area (Å²) in [6.45, 7) is 6.32. The second-order valence-electron chi connectivity index (χ2n) is 14.6. The predicted molar refractivity (Wildman–Crippen MR) is 223 cm³/mol. The molecule has 6 aromatic heterocycles. The number of benzene rings is 3. The van der Waals surface area contributed by atoms with Gasteiger partial charge in [0.15, 0.2) is 0 Å². The van der Waals surface area contributed by atoms with E-state index in [-0.39, 0.29) is 0 Å². The van der Waals surface area contributed by atoms with Crippen LogP contribution in [0.3, 0.4) is 0 Å². The van der Waals surface area contributed by atoms with Crippen molar-refractivity contribution in [3.8, 4) is 22.8 Å². The van der Waals surface area contributed by atoms with E-state index in [0.29, 0.717) is 0 Å². The highest BCUT2D eigenvalue weighted by Crippen LogP contribution is 2.39. The third-order valence-corrected chi connectivity index (χ3v) is 11.0. The van der Waals surface area contributed by atoms with Crippen LogP contribution in [0.5, 0.6) is 0 Å². The van der Waals surface area contributed by atoms with Crippen LogP contribution in [0.1, 0.15) is 78.1 Å². The van der Waals surface area contributed by atoms with E-state index in [1.54, 1.807) is 0 Å². The van der Waals surface area contributed by atoms with Crippen molar-refractivity contribution in [1.82, 2.24) is 39.0 Å². The van der Waals surface area contributed by atoms with Gasteiger partial charge in [0.25, 0.3) is 0 Å². The first-order valence-corrected chi connectivity index (χ1v) is 19.9. The standard InChI is InChI=1S/C46H46N8/c1-3-5-7-9-11-29-53-43-35-19-15-27-49-39(35)37-33(17-13-25-47-37)41(43)51-45(53)31-21-23-32(24-22-31)46-52-42-34-18-14-26-48-38(34)40-36(20-16-28-50-40)44(42)54(46)30-12-10-8-6-4-2/h13-28H,3-12,29-30H2,1-2H3. The number of aryl methyl sites for hydroxylation is 2. The molecule has 0 aliphatic rings. The molecule has 9 rings (SSSR count).